The van der Waals surface area contributed by atoms with E-state index in [-0.39, 0.29) is 5.91 Å². The van der Waals surface area contributed by atoms with E-state index in [1.54, 1.807) is 6.07 Å². The average Bonchev–Trinajstić information content (AvgIpc) is 2.37. The van der Waals surface area contributed by atoms with Gasteiger partial charge in [0.1, 0.15) is 0 Å². The Morgan fingerprint density at radius 3 is 2.47 bits per heavy atom. The summed E-state index contributed by atoms with van der Waals surface area (Å²) < 4.78 is 0. The maximum Gasteiger partial charge on any atom is 0.253 e. The van der Waals surface area contributed by atoms with Crippen LogP contribution in [0.5, 0.6) is 0 Å². The zero-order valence-electron chi connectivity index (χ0n) is 12.4. The lowest BCUT2D eigenvalue weighted by atomic mass is 10.1. The highest BCUT2D eigenvalue weighted by molar-refractivity contribution is 5.95. The fraction of sp³-hybridized carbons (Fsp3) is 0.533. The molecule has 0 spiro atoms. The molecule has 0 saturated carbocycles. The zero-order chi connectivity index (χ0) is 14.4. The molecular formula is C15H25N3O. The van der Waals surface area contributed by atoms with Crippen molar-refractivity contribution in [3.8, 4) is 0 Å². The van der Waals surface area contributed by atoms with E-state index in [2.05, 4.69) is 4.90 Å². The maximum atomic E-state index is 12.4. The van der Waals surface area contributed by atoms with Gasteiger partial charge in [-0.25, -0.2) is 0 Å². The van der Waals surface area contributed by atoms with Crippen molar-refractivity contribution in [1.82, 2.24) is 9.80 Å². The topological polar surface area (TPSA) is 49.6 Å². The van der Waals surface area contributed by atoms with Crippen LogP contribution in [0, 0.1) is 6.92 Å². The fourth-order valence-corrected chi connectivity index (χ4v) is 1.94. The van der Waals surface area contributed by atoms with E-state index in [1.807, 2.05) is 45.0 Å². The van der Waals surface area contributed by atoms with Crippen LogP contribution in [0.1, 0.15) is 29.3 Å². The molecule has 0 aliphatic rings. The van der Waals surface area contributed by atoms with Crippen molar-refractivity contribution in [1.29, 1.82) is 0 Å². The van der Waals surface area contributed by atoms with Gasteiger partial charge in [0.05, 0.1) is 0 Å². The number of carbonyl (C=O) groups excluding carboxylic acids is 1. The predicted molar refractivity (Wildman–Crippen MR) is 80.3 cm³/mol. The van der Waals surface area contributed by atoms with Crippen LogP contribution in [0.15, 0.2) is 18.2 Å². The van der Waals surface area contributed by atoms with E-state index in [4.69, 9.17) is 5.73 Å². The van der Waals surface area contributed by atoms with Gasteiger partial charge in [-0.15, -0.1) is 0 Å². The van der Waals surface area contributed by atoms with Crippen molar-refractivity contribution in [2.75, 3.05) is 39.5 Å². The summed E-state index contributed by atoms with van der Waals surface area (Å²) in [7, 11) is 4.08. The maximum absolute atomic E-state index is 12.4. The summed E-state index contributed by atoms with van der Waals surface area (Å²) in [5.41, 5.74) is 8.22. The number of hydrogen-bond donors (Lipinski definition) is 1. The summed E-state index contributed by atoms with van der Waals surface area (Å²) in [6, 6.07) is 5.52. The number of benzene rings is 1. The summed E-state index contributed by atoms with van der Waals surface area (Å²) in [6.07, 6.45) is 0.980. The minimum atomic E-state index is 0.0629. The number of hydrogen-bond acceptors (Lipinski definition) is 3. The molecule has 4 nitrogen and oxygen atoms in total. The van der Waals surface area contributed by atoms with E-state index >= 15 is 0 Å². The molecule has 0 aromatic heterocycles. The highest BCUT2D eigenvalue weighted by Crippen LogP contribution is 2.14. The molecule has 2 N–H and O–H groups in total. The van der Waals surface area contributed by atoms with Crippen molar-refractivity contribution in [3.05, 3.63) is 29.3 Å². The number of amides is 1. The van der Waals surface area contributed by atoms with E-state index < -0.39 is 0 Å². The average molecular weight is 263 g/mol. The van der Waals surface area contributed by atoms with Crippen molar-refractivity contribution >= 4 is 11.6 Å². The van der Waals surface area contributed by atoms with Gasteiger partial charge in [-0.05, 0) is 58.6 Å². The number of anilines is 1. The predicted octanol–water partition coefficient (Wildman–Crippen LogP) is 1.99. The number of carbonyl (C=O) groups is 1. The SMILES string of the molecule is CCN(CCCN(C)C)C(=O)c1ccc(C)c(N)c1. The molecule has 1 aromatic carbocycles. The van der Waals surface area contributed by atoms with Crippen LogP contribution in [0.25, 0.3) is 0 Å². The first-order chi connectivity index (χ1) is 8.95. The van der Waals surface area contributed by atoms with Crippen molar-refractivity contribution in [3.63, 3.8) is 0 Å². The van der Waals surface area contributed by atoms with Crippen molar-refractivity contribution < 1.29 is 4.79 Å². The molecule has 1 rings (SSSR count). The van der Waals surface area contributed by atoms with Gasteiger partial charge in [-0.3, -0.25) is 4.79 Å². The molecule has 1 aromatic rings. The number of nitrogen functional groups attached to an aromatic ring is 1. The molecular weight excluding hydrogens is 238 g/mol. The molecule has 0 saturated heterocycles. The number of rotatable bonds is 6. The second-order valence-electron chi connectivity index (χ2n) is 5.11. The number of aryl methyl sites for hydroxylation is 1. The van der Waals surface area contributed by atoms with Crippen LogP contribution >= 0.6 is 0 Å². The number of nitrogens with zero attached hydrogens (tertiary/aromatic N) is 2. The van der Waals surface area contributed by atoms with Crippen LogP contribution in [0.2, 0.25) is 0 Å². The monoisotopic (exact) mass is 263 g/mol. The molecule has 106 valence electrons. The molecule has 1 amide bonds. The van der Waals surface area contributed by atoms with Gasteiger partial charge in [-0.2, -0.15) is 0 Å². The summed E-state index contributed by atoms with van der Waals surface area (Å²) >= 11 is 0. The minimum Gasteiger partial charge on any atom is -0.398 e. The van der Waals surface area contributed by atoms with Crippen LogP contribution in [-0.4, -0.2) is 49.4 Å². The summed E-state index contributed by atoms with van der Waals surface area (Å²) in [5.74, 6) is 0.0629. The summed E-state index contributed by atoms with van der Waals surface area (Å²) in [6.45, 7) is 6.44. The van der Waals surface area contributed by atoms with E-state index in [1.165, 1.54) is 0 Å². The molecule has 0 heterocycles. The molecule has 0 fully saturated rings. The zero-order valence-corrected chi connectivity index (χ0v) is 12.4. The largest absolute Gasteiger partial charge is 0.398 e. The van der Waals surface area contributed by atoms with E-state index in [9.17, 15) is 4.79 Å². The molecule has 0 radical (unpaired) electrons. The van der Waals surface area contributed by atoms with E-state index in [0.29, 0.717) is 11.3 Å². The molecule has 0 bridgehead atoms. The van der Waals surface area contributed by atoms with Crippen molar-refractivity contribution in [2.45, 2.75) is 20.3 Å². The van der Waals surface area contributed by atoms with Gasteiger partial charge >= 0.3 is 0 Å². The third kappa shape index (κ3) is 4.56. The van der Waals surface area contributed by atoms with Crippen molar-refractivity contribution in [2.24, 2.45) is 0 Å². The molecule has 0 unspecified atom stereocenters. The molecule has 0 atom stereocenters. The Labute approximate surface area is 116 Å². The first kappa shape index (κ1) is 15.5. The van der Waals surface area contributed by atoms with Crippen LogP contribution < -0.4 is 5.73 Å². The van der Waals surface area contributed by atoms with Crippen LogP contribution in [0.3, 0.4) is 0 Å². The quantitative estimate of drug-likeness (QED) is 0.799. The molecule has 19 heavy (non-hydrogen) atoms. The van der Waals surface area contributed by atoms with Gasteiger partial charge in [-0.1, -0.05) is 6.07 Å². The Bertz CT molecular complexity index is 429. The standard InChI is InChI=1S/C15H25N3O/c1-5-18(10-6-9-17(3)4)15(19)13-8-7-12(2)14(16)11-13/h7-8,11H,5-6,9-10,16H2,1-4H3. The van der Waals surface area contributed by atoms with Gasteiger partial charge in [0.2, 0.25) is 0 Å². The lowest BCUT2D eigenvalue weighted by Gasteiger charge is -2.22. The highest BCUT2D eigenvalue weighted by Gasteiger charge is 2.14. The summed E-state index contributed by atoms with van der Waals surface area (Å²) in [4.78, 5) is 16.4. The van der Waals surface area contributed by atoms with Gasteiger partial charge in [0.15, 0.2) is 0 Å². The minimum absolute atomic E-state index is 0.0629. The molecule has 0 aliphatic carbocycles. The highest BCUT2D eigenvalue weighted by atomic mass is 16.2. The Kier molecular flexibility index (Phi) is 5.83. The normalized spacial score (nSPS) is 10.8. The Hall–Kier alpha value is -1.55. The third-order valence-corrected chi connectivity index (χ3v) is 3.23. The van der Waals surface area contributed by atoms with E-state index in [0.717, 1.165) is 31.6 Å². The fourth-order valence-electron chi connectivity index (χ4n) is 1.94. The van der Waals surface area contributed by atoms with Crippen LogP contribution in [0.4, 0.5) is 5.69 Å². The molecule has 0 aliphatic heterocycles. The lowest BCUT2D eigenvalue weighted by molar-refractivity contribution is 0.0759. The number of nitrogens with two attached hydrogens (primary N) is 1. The van der Waals surface area contributed by atoms with Crippen LogP contribution in [-0.2, 0) is 0 Å². The summed E-state index contributed by atoms with van der Waals surface area (Å²) in [5, 5.41) is 0. The first-order valence-electron chi connectivity index (χ1n) is 6.75. The Morgan fingerprint density at radius 2 is 1.95 bits per heavy atom. The second kappa shape index (κ2) is 7.14. The first-order valence-corrected chi connectivity index (χ1v) is 6.75. The lowest BCUT2D eigenvalue weighted by Crippen LogP contribution is -2.33. The van der Waals surface area contributed by atoms with Gasteiger partial charge < -0.3 is 15.5 Å². The smallest absolute Gasteiger partial charge is 0.253 e. The van der Waals surface area contributed by atoms with Gasteiger partial charge in [0.25, 0.3) is 5.91 Å². The third-order valence-electron chi connectivity index (χ3n) is 3.23. The Balaban J connectivity index is 2.69. The second-order valence-corrected chi connectivity index (χ2v) is 5.11. The van der Waals surface area contributed by atoms with Gasteiger partial charge in [0, 0.05) is 24.3 Å². The Morgan fingerprint density at radius 1 is 1.26 bits per heavy atom. The molecule has 4 heteroatoms.